The number of rotatable bonds is 1. The molecule has 1 rings (SSSR count). The number of hydrogen-bond acceptors (Lipinski definition) is 4. The monoisotopic (exact) mass is 112 g/mol. The molecule has 1 aromatic heterocycles. The van der Waals surface area contributed by atoms with Gasteiger partial charge < -0.3 is 14.4 Å². The molecule has 0 aliphatic carbocycles. The molecule has 1 aromatic rings. The van der Waals surface area contributed by atoms with Crippen LogP contribution in [-0.2, 0) is 0 Å². The van der Waals surface area contributed by atoms with E-state index in [4.69, 9.17) is 0 Å². The molecule has 4 heteroatoms. The largest absolute Gasteiger partial charge is 0.543 e. The van der Waals surface area contributed by atoms with Gasteiger partial charge in [0.25, 0.3) is 0 Å². The van der Waals surface area contributed by atoms with Crippen molar-refractivity contribution in [1.82, 2.24) is 5.16 Å². The fourth-order valence-electron chi connectivity index (χ4n) is 0.318. The average Bonchev–Trinajstić information content (AvgIpc) is 2.12. The number of hydrogen-bond donors (Lipinski definition) is 0. The van der Waals surface area contributed by atoms with E-state index in [-0.39, 0.29) is 5.69 Å². The van der Waals surface area contributed by atoms with Crippen LogP contribution in [0.25, 0.3) is 0 Å². The molecular formula is C4H2NO3-. The maximum atomic E-state index is 9.83. The zero-order valence-corrected chi connectivity index (χ0v) is 3.83. The molecule has 0 radical (unpaired) electrons. The normalized spacial score (nSPS) is 9.00. The molecule has 0 aromatic carbocycles. The number of nitrogens with zero attached hydrogens (tertiary/aromatic N) is 1. The minimum absolute atomic E-state index is 0.176. The highest BCUT2D eigenvalue weighted by Gasteiger charge is 1.92. The van der Waals surface area contributed by atoms with Crippen LogP contribution in [0.1, 0.15) is 10.5 Å². The van der Waals surface area contributed by atoms with Crippen molar-refractivity contribution in [2.75, 3.05) is 0 Å². The van der Waals surface area contributed by atoms with Crippen molar-refractivity contribution in [1.29, 1.82) is 0 Å². The predicted octanol–water partition coefficient (Wildman–Crippen LogP) is -0.962. The molecule has 0 atom stereocenters. The molecule has 0 aliphatic heterocycles. The Hall–Kier alpha value is -1.32. The molecule has 0 spiro atoms. The van der Waals surface area contributed by atoms with Crippen LogP contribution in [0.15, 0.2) is 16.9 Å². The number of aromatic nitrogens is 1. The number of carbonyl (C=O) groups excluding carboxylic acids is 1. The number of carboxylic acids is 1. The smallest absolute Gasteiger partial charge is 0.129 e. The second kappa shape index (κ2) is 1.65. The first-order chi connectivity index (χ1) is 3.80. The summed E-state index contributed by atoms with van der Waals surface area (Å²) in [4.78, 5) is 9.83. The highest BCUT2D eigenvalue weighted by Crippen LogP contribution is 1.89. The summed E-state index contributed by atoms with van der Waals surface area (Å²) in [7, 11) is 0. The molecule has 42 valence electrons. The summed E-state index contributed by atoms with van der Waals surface area (Å²) >= 11 is 0. The SMILES string of the molecule is O=C([O-])c1ccon1. The predicted molar refractivity (Wildman–Crippen MR) is 20.8 cm³/mol. The minimum atomic E-state index is -1.32. The lowest BCUT2D eigenvalue weighted by molar-refractivity contribution is -0.255. The topological polar surface area (TPSA) is 66.2 Å². The summed E-state index contributed by atoms with van der Waals surface area (Å²) in [5.74, 6) is -1.32. The molecule has 0 unspecified atom stereocenters. The van der Waals surface area contributed by atoms with Crippen molar-refractivity contribution < 1.29 is 14.4 Å². The zero-order chi connectivity index (χ0) is 5.98. The van der Waals surface area contributed by atoms with Gasteiger partial charge in [0.1, 0.15) is 12.0 Å². The van der Waals surface area contributed by atoms with Crippen molar-refractivity contribution in [3.05, 3.63) is 18.0 Å². The lowest BCUT2D eigenvalue weighted by Crippen LogP contribution is -2.22. The van der Waals surface area contributed by atoms with Crippen LogP contribution in [-0.4, -0.2) is 11.1 Å². The first-order valence-corrected chi connectivity index (χ1v) is 1.92. The minimum Gasteiger partial charge on any atom is -0.543 e. The standard InChI is InChI=1S/C4H3NO3/c6-4(7)3-1-2-8-5-3/h1-2H,(H,6,7)/p-1. The zero-order valence-electron chi connectivity index (χ0n) is 3.83. The Balaban J connectivity index is 2.93. The van der Waals surface area contributed by atoms with Gasteiger partial charge in [-0.1, -0.05) is 5.16 Å². The van der Waals surface area contributed by atoms with E-state index in [9.17, 15) is 9.90 Å². The summed E-state index contributed by atoms with van der Waals surface area (Å²) < 4.78 is 4.20. The van der Waals surface area contributed by atoms with Gasteiger partial charge in [-0.05, 0) is 0 Å². The second-order valence-electron chi connectivity index (χ2n) is 1.17. The van der Waals surface area contributed by atoms with Crippen molar-refractivity contribution >= 4 is 5.97 Å². The summed E-state index contributed by atoms with van der Waals surface area (Å²) in [5.41, 5.74) is -0.176. The third kappa shape index (κ3) is 0.676. The molecule has 0 amide bonds. The third-order valence-corrected chi connectivity index (χ3v) is 0.647. The van der Waals surface area contributed by atoms with Crippen molar-refractivity contribution in [2.24, 2.45) is 0 Å². The molecule has 0 fully saturated rings. The van der Waals surface area contributed by atoms with Crippen molar-refractivity contribution in [3.8, 4) is 0 Å². The quantitative estimate of drug-likeness (QED) is 0.469. The summed E-state index contributed by atoms with van der Waals surface area (Å²) in [6.45, 7) is 0. The van der Waals surface area contributed by atoms with E-state index in [1.807, 2.05) is 0 Å². The first kappa shape index (κ1) is 4.83. The van der Waals surface area contributed by atoms with Gasteiger partial charge in [0, 0.05) is 6.07 Å². The maximum absolute atomic E-state index is 9.83. The van der Waals surface area contributed by atoms with Gasteiger partial charge in [-0.25, -0.2) is 0 Å². The summed E-state index contributed by atoms with van der Waals surface area (Å²) in [5, 5.41) is 12.9. The number of aromatic carboxylic acids is 1. The molecule has 8 heavy (non-hydrogen) atoms. The highest BCUT2D eigenvalue weighted by molar-refractivity contribution is 5.82. The third-order valence-electron chi connectivity index (χ3n) is 0.647. The Kier molecular flexibility index (Phi) is 0.997. The summed E-state index contributed by atoms with van der Waals surface area (Å²) in [6.07, 6.45) is 1.17. The molecule has 0 saturated carbocycles. The summed E-state index contributed by atoms with van der Waals surface area (Å²) in [6, 6.07) is 1.22. The molecule has 0 bridgehead atoms. The molecule has 0 aliphatic rings. The Labute approximate surface area is 44.7 Å². The van der Waals surface area contributed by atoms with E-state index in [1.54, 1.807) is 0 Å². The Morgan fingerprint density at radius 2 is 2.62 bits per heavy atom. The van der Waals surface area contributed by atoms with Crippen LogP contribution >= 0.6 is 0 Å². The molecule has 4 nitrogen and oxygen atoms in total. The lowest BCUT2D eigenvalue weighted by atomic mass is 10.5. The van der Waals surface area contributed by atoms with Crippen LogP contribution in [0.4, 0.5) is 0 Å². The Bertz CT molecular complexity index is 179. The van der Waals surface area contributed by atoms with Crippen LogP contribution in [0, 0.1) is 0 Å². The van der Waals surface area contributed by atoms with Gasteiger partial charge in [-0.15, -0.1) is 0 Å². The van der Waals surface area contributed by atoms with E-state index in [2.05, 4.69) is 9.68 Å². The Morgan fingerprint density at radius 3 is 2.88 bits per heavy atom. The molecule has 0 saturated heterocycles. The number of carbonyl (C=O) groups is 1. The van der Waals surface area contributed by atoms with E-state index in [0.29, 0.717) is 0 Å². The van der Waals surface area contributed by atoms with Gasteiger partial charge in [0.05, 0.1) is 5.97 Å². The molecule has 0 N–H and O–H groups in total. The van der Waals surface area contributed by atoms with E-state index >= 15 is 0 Å². The molecular weight excluding hydrogens is 110 g/mol. The van der Waals surface area contributed by atoms with E-state index in [0.717, 1.165) is 0 Å². The van der Waals surface area contributed by atoms with Crippen molar-refractivity contribution in [3.63, 3.8) is 0 Å². The maximum Gasteiger partial charge on any atom is 0.129 e. The highest BCUT2D eigenvalue weighted by atomic mass is 16.5. The van der Waals surface area contributed by atoms with Crippen LogP contribution < -0.4 is 5.11 Å². The van der Waals surface area contributed by atoms with E-state index < -0.39 is 5.97 Å². The lowest BCUT2D eigenvalue weighted by Gasteiger charge is -1.88. The Morgan fingerprint density at radius 1 is 1.88 bits per heavy atom. The van der Waals surface area contributed by atoms with Gasteiger partial charge in [-0.2, -0.15) is 0 Å². The van der Waals surface area contributed by atoms with Crippen LogP contribution in [0.2, 0.25) is 0 Å². The van der Waals surface area contributed by atoms with Gasteiger partial charge in [0.2, 0.25) is 0 Å². The molecule has 1 heterocycles. The average molecular weight is 112 g/mol. The first-order valence-electron chi connectivity index (χ1n) is 1.92. The fraction of sp³-hybridized carbons (Fsp3) is 0. The van der Waals surface area contributed by atoms with Crippen LogP contribution in [0.5, 0.6) is 0 Å². The second-order valence-corrected chi connectivity index (χ2v) is 1.17. The van der Waals surface area contributed by atoms with Gasteiger partial charge in [-0.3, -0.25) is 0 Å². The van der Waals surface area contributed by atoms with Crippen molar-refractivity contribution in [2.45, 2.75) is 0 Å². The van der Waals surface area contributed by atoms with Crippen LogP contribution in [0.3, 0.4) is 0 Å². The van der Waals surface area contributed by atoms with E-state index in [1.165, 1.54) is 12.3 Å². The number of carboxylic acid groups (broad SMARTS) is 1. The fourth-order valence-corrected chi connectivity index (χ4v) is 0.318. The van der Waals surface area contributed by atoms with Gasteiger partial charge in [0.15, 0.2) is 0 Å². The van der Waals surface area contributed by atoms with Gasteiger partial charge >= 0.3 is 0 Å².